The number of nitrogens with zero attached hydrogens (tertiary/aromatic N) is 2. The van der Waals surface area contributed by atoms with Crippen molar-refractivity contribution in [2.24, 2.45) is 0 Å². The topological polar surface area (TPSA) is 40.6 Å². The molecule has 4 nitrogen and oxygen atoms in total. The summed E-state index contributed by atoms with van der Waals surface area (Å²) in [6.45, 7) is 3.56. The molecule has 2 heterocycles. The lowest BCUT2D eigenvalue weighted by atomic mass is 10.2. The summed E-state index contributed by atoms with van der Waals surface area (Å²) in [5, 5.41) is 1.80. The molecule has 1 aliphatic heterocycles. The maximum Gasteiger partial charge on any atom is 0.252 e. The highest BCUT2D eigenvalue weighted by molar-refractivity contribution is 7.91. The fourth-order valence-corrected chi connectivity index (χ4v) is 5.07. The molecule has 1 aromatic carbocycles. The Labute approximate surface area is 141 Å². The van der Waals surface area contributed by atoms with Gasteiger partial charge in [-0.1, -0.05) is 36.4 Å². The summed E-state index contributed by atoms with van der Waals surface area (Å²) in [5.74, 6) is 0. The average Bonchev–Trinajstić information content (AvgIpc) is 3.04. The number of piperazine rings is 1. The lowest BCUT2D eigenvalue weighted by molar-refractivity contribution is 0.182. The van der Waals surface area contributed by atoms with Gasteiger partial charge in [-0.3, -0.25) is 4.90 Å². The van der Waals surface area contributed by atoms with Gasteiger partial charge in [0, 0.05) is 32.7 Å². The van der Waals surface area contributed by atoms with E-state index in [0.29, 0.717) is 17.3 Å². The minimum atomic E-state index is -3.29. The van der Waals surface area contributed by atoms with E-state index in [-0.39, 0.29) is 12.4 Å². The first-order valence-corrected chi connectivity index (χ1v) is 9.28. The minimum Gasteiger partial charge on any atom is -0.296 e. The molecule has 0 saturated carbocycles. The van der Waals surface area contributed by atoms with Crippen LogP contribution in [0.25, 0.3) is 0 Å². The molecule has 1 fully saturated rings. The van der Waals surface area contributed by atoms with Crippen molar-refractivity contribution in [3.8, 4) is 0 Å². The van der Waals surface area contributed by atoms with E-state index in [1.807, 2.05) is 18.2 Å². The van der Waals surface area contributed by atoms with Crippen molar-refractivity contribution < 1.29 is 8.42 Å². The molecule has 1 aliphatic rings. The van der Waals surface area contributed by atoms with Crippen LogP contribution in [0.4, 0.5) is 0 Å². The molecule has 1 aromatic heterocycles. The molecule has 2 aromatic rings. The van der Waals surface area contributed by atoms with Crippen molar-refractivity contribution in [2.75, 3.05) is 26.2 Å². The standard InChI is InChI=1S/C15H18N2O2S2.ClH/c18-21(19,15-7-4-12-20-15)17-10-8-16(9-11-17)13-14-5-2-1-3-6-14;/h1-7,12H,8-11,13H2;1H. The first-order valence-electron chi connectivity index (χ1n) is 6.96. The zero-order valence-corrected chi connectivity index (χ0v) is 14.5. The van der Waals surface area contributed by atoms with Gasteiger partial charge in [-0.05, 0) is 17.0 Å². The summed E-state index contributed by atoms with van der Waals surface area (Å²) < 4.78 is 26.9. The quantitative estimate of drug-likeness (QED) is 0.843. The van der Waals surface area contributed by atoms with E-state index in [2.05, 4.69) is 17.0 Å². The van der Waals surface area contributed by atoms with Crippen LogP contribution in [0.3, 0.4) is 0 Å². The molecule has 120 valence electrons. The van der Waals surface area contributed by atoms with Crippen molar-refractivity contribution in [1.82, 2.24) is 9.21 Å². The van der Waals surface area contributed by atoms with Gasteiger partial charge >= 0.3 is 0 Å². The summed E-state index contributed by atoms with van der Waals surface area (Å²) in [6.07, 6.45) is 0. The van der Waals surface area contributed by atoms with E-state index in [1.165, 1.54) is 16.9 Å². The number of sulfonamides is 1. The molecule has 0 aliphatic carbocycles. The Bertz CT molecular complexity index is 667. The predicted octanol–water partition coefficient (Wildman–Crippen LogP) is 2.68. The van der Waals surface area contributed by atoms with Gasteiger partial charge in [0.05, 0.1) is 0 Å². The highest BCUT2D eigenvalue weighted by Crippen LogP contribution is 2.22. The first kappa shape index (κ1) is 17.4. The summed E-state index contributed by atoms with van der Waals surface area (Å²) in [5.41, 5.74) is 1.27. The Hall–Kier alpha value is -0.920. The second-order valence-electron chi connectivity index (χ2n) is 5.10. The Morgan fingerprint density at radius 2 is 1.64 bits per heavy atom. The molecule has 22 heavy (non-hydrogen) atoms. The lowest BCUT2D eigenvalue weighted by Crippen LogP contribution is -2.48. The fourth-order valence-electron chi connectivity index (χ4n) is 2.51. The van der Waals surface area contributed by atoms with Crippen LogP contribution in [0.1, 0.15) is 5.56 Å². The van der Waals surface area contributed by atoms with E-state index < -0.39 is 10.0 Å². The molecule has 1 saturated heterocycles. The Kier molecular flexibility index (Phi) is 6.00. The maximum atomic E-state index is 12.4. The third kappa shape index (κ3) is 3.88. The summed E-state index contributed by atoms with van der Waals surface area (Å²) >= 11 is 1.28. The second-order valence-corrected chi connectivity index (χ2v) is 8.21. The van der Waals surface area contributed by atoms with E-state index in [4.69, 9.17) is 0 Å². The Balaban J connectivity index is 0.00000176. The highest BCUT2D eigenvalue weighted by atomic mass is 35.5. The van der Waals surface area contributed by atoms with Crippen LogP contribution in [0.2, 0.25) is 0 Å². The van der Waals surface area contributed by atoms with Crippen molar-refractivity contribution in [2.45, 2.75) is 10.8 Å². The monoisotopic (exact) mass is 358 g/mol. The Morgan fingerprint density at radius 1 is 0.955 bits per heavy atom. The SMILES string of the molecule is Cl.O=S(=O)(c1cccs1)N1CCN(Cc2ccccc2)CC1. The van der Waals surface area contributed by atoms with Crippen molar-refractivity contribution in [3.63, 3.8) is 0 Å². The molecule has 0 unspecified atom stereocenters. The van der Waals surface area contributed by atoms with E-state index in [1.54, 1.807) is 21.8 Å². The van der Waals surface area contributed by atoms with Crippen LogP contribution < -0.4 is 0 Å². The molecular formula is C15H19ClN2O2S2. The molecule has 7 heteroatoms. The highest BCUT2D eigenvalue weighted by Gasteiger charge is 2.28. The van der Waals surface area contributed by atoms with Crippen LogP contribution in [-0.4, -0.2) is 43.8 Å². The predicted molar refractivity (Wildman–Crippen MR) is 92.0 cm³/mol. The van der Waals surface area contributed by atoms with Crippen LogP contribution in [0, 0.1) is 0 Å². The zero-order chi connectivity index (χ0) is 14.7. The number of hydrogen-bond donors (Lipinski definition) is 0. The minimum absolute atomic E-state index is 0. The smallest absolute Gasteiger partial charge is 0.252 e. The van der Waals surface area contributed by atoms with Crippen LogP contribution in [-0.2, 0) is 16.6 Å². The molecular weight excluding hydrogens is 340 g/mol. The summed E-state index contributed by atoms with van der Waals surface area (Å²) in [4.78, 5) is 2.30. The fraction of sp³-hybridized carbons (Fsp3) is 0.333. The summed E-state index contributed by atoms with van der Waals surface area (Å²) in [7, 11) is -3.29. The van der Waals surface area contributed by atoms with Crippen molar-refractivity contribution >= 4 is 33.8 Å². The van der Waals surface area contributed by atoms with Crippen LogP contribution in [0.5, 0.6) is 0 Å². The molecule has 3 rings (SSSR count). The van der Waals surface area contributed by atoms with Crippen LogP contribution in [0.15, 0.2) is 52.1 Å². The third-order valence-electron chi connectivity index (χ3n) is 3.67. The number of rotatable bonds is 4. The third-order valence-corrected chi connectivity index (χ3v) is 6.94. The molecule has 0 N–H and O–H groups in total. The molecule has 0 atom stereocenters. The number of benzene rings is 1. The Morgan fingerprint density at radius 3 is 2.23 bits per heavy atom. The average molecular weight is 359 g/mol. The van der Waals surface area contributed by atoms with Gasteiger partial charge in [0.25, 0.3) is 10.0 Å². The molecule has 0 radical (unpaired) electrons. The normalized spacial score (nSPS) is 17.1. The van der Waals surface area contributed by atoms with E-state index in [9.17, 15) is 8.42 Å². The van der Waals surface area contributed by atoms with E-state index in [0.717, 1.165) is 19.6 Å². The molecule has 0 amide bonds. The van der Waals surface area contributed by atoms with Gasteiger partial charge in [-0.25, -0.2) is 8.42 Å². The van der Waals surface area contributed by atoms with Gasteiger partial charge in [-0.15, -0.1) is 23.7 Å². The van der Waals surface area contributed by atoms with Crippen molar-refractivity contribution in [3.05, 3.63) is 53.4 Å². The lowest BCUT2D eigenvalue weighted by Gasteiger charge is -2.33. The van der Waals surface area contributed by atoms with Gasteiger partial charge in [0.1, 0.15) is 4.21 Å². The summed E-state index contributed by atoms with van der Waals surface area (Å²) in [6, 6.07) is 13.7. The maximum absolute atomic E-state index is 12.4. The van der Waals surface area contributed by atoms with Gasteiger partial charge in [0.2, 0.25) is 0 Å². The zero-order valence-electron chi connectivity index (χ0n) is 12.1. The molecule has 0 bridgehead atoms. The largest absolute Gasteiger partial charge is 0.296 e. The second kappa shape index (κ2) is 7.57. The number of thiophene rings is 1. The first-order chi connectivity index (χ1) is 10.2. The molecule has 0 spiro atoms. The van der Waals surface area contributed by atoms with E-state index >= 15 is 0 Å². The van der Waals surface area contributed by atoms with Gasteiger partial charge in [-0.2, -0.15) is 4.31 Å². The van der Waals surface area contributed by atoms with Crippen LogP contribution >= 0.6 is 23.7 Å². The van der Waals surface area contributed by atoms with Gasteiger partial charge < -0.3 is 0 Å². The van der Waals surface area contributed by atoms with Crippen molar-refractivity contribution in [1.29, 1.82) is 0 Å². The number of hydrogen-bond acceptors (Lipinski definition) is 4. The number of halogens is 1. The van der Waals surface area contributed by atoms with Gasteiger partial charge in [0.15, 0.2) is 0 Å².